The van der Waals surface area contributed by atoms with Gasteiger partial charge in [0.2, 0.25) is 0 Å². The minimum Gasteiger partial charge on any atom is -0.304 e. The molecule has 0 radical (unpaired) electrons. The number of halogens is 2. The fourth-order valence-corrected chi connectivity index (χ4v) is 1.12. The summed E-state index contributed by atoms with van der Waals surface area (Å²) in [4.78, 5) is 11.9. The van der Waals surface area contributed by atoms with Crippen LogP contribution in [0.5, 0.6) is 0 Å². The minimum atomic E-state index is -0.541. The molecule has 5 heteroatoms. The van der Waals surface area contributed by atoms with E-state index in [1.165, 1.54) is 25.2 Å². The van der Waals surface area contributed by atoms with E-state index in [4.69, 9.17) is 11.6 Å². The van der Waals surface area contributed by atoms with Crippen molar-refractivity contribution < 1.29 is 9.18 Å². The summed E-state index contributed by atoms with van der Waals surface area (Å²) in [6, 6.07) is 3.98. The number of carbonyl (C=O) groups is 1. The third-order valence-corrected chi connectivity index (χ3v) is 2.09. The molecule has 0 aromatic heterocycles. The molecule has 0 aliphatic carbocycles. The van der Waals surface area contributed by atoms with E-state index in [9.17, 15) is 9.18 Å². The van der Waals surface area contributed by atoms with Crippen LogP contribution in [-0.2, 0) is 0 Å². The van der Waals surface area contributed by atoms with Gasteiger partial charge in [0.1, 0.15) is 5.82 Å². The van der Waals surface area contributed by atoms with Crippen molar-refractivity contribution >= 4 is 35.2 Å². The highest BCUT2D eigenvalue weighted by Gasteiger charge is 2.11. The molecule has 0 heterocycles. The van der Waals surface area contributed by atoms with E-state index in [-0.39, 0.29) is 5.69 Å². The highest BCUT2D eigenvalue weighted by Crippen LogP contribution is 2.23. The van der Waals surface area contributed by atoms with Gasteiger partial charge in [0.15, 0.2) is 0 Å². The van der Waals surface area contributed by atoms with E-state index in [1.54, 1.807) is 0 Å². The number of amides is 1. The van der Waals surface area contributed by atoms with E-state index in [1.807, 2.05) is 0 Å². The van der Waals surface area contributed by atoms with E-state index in [0.717, 1.165) is 4.90 Å². The molecule has 1 amide bonds. The highest BCUT2D eigenvalue weighted by atomic mass is 35.5. The zero-order chi connectivity index (χ0) is 10.0. The van der Waals surface area contributed by atoms with Crippen molar-refractivity contribution in [3.05, 3.63) is 29.0 Å². The van der Waals surface area contributed by atoms with Gasteiger partial charge in [-0.3, -0.25) is 4.79 Å². The second-order valence-electron chi connectivity index (χ2n) is 2.44. The maximum absolute atomic E-state index is 13.1. The Morgan fingerprint density at radius 2 is 2.23 bits per heavy atom. The number of benzene rings is 1. The summed E-state index contributed by atoms with van der Waals surface area (Å²) in [7, 11) is 1.42. The lowest BCUT2D eigenvalue weighted by atomic mass is 10.3. The van der Waals surface area contributed by atoms with E-state index < -0.39 is 11.1 Å². The zero-order valence-electron chi connectivity index (χ0n) is 6.79. The van der Waals surface area contributed by atoms with Crippen molar-refractivity contribution in [3.63, 3.8) is 0 Å². The third-order valence-electron chi connectivity index (χ3n) is 1.56. The van der Waals surface area contributed by atoms with Gasteiger partial charge in [-0.05, 0) is 18.2 Å². The maximum atomic E-state index is 13.1. The van der Waals surface area contributed by atoms with E-state index >= 15 is 0 Å². The second kappa shape index (κ2) is 3.98. The van der Waals surface area contributed by atoms with Crippen LogP contribution in [0.1, 0.15) is 0 Å². The predicted octanol–water partition coefficient (Wildman–Crippen LogP) is 2.97. The molecule has 0 N–H and O–H groups in total. The van der Waals surface area contributed by atoms with Crippen molar-refractivity contribution in [2.45, 2.75) is 0 Å². The molecule has 0 spiro atoms. The topological polar surface area (TPSA) is 20.3 Å². The van der Waals surface area contributed by atoms with Gasteiger partial charge >= 0.3 is 0 Å². The average Bonchev–Trinajstić information content (AvgIpc) is 2.08. The molecule has 1 rings (SSSR count). The van der Waals surface area contributed by atoms with Crippen LogP contribution in [0.4, 0.5) is 14.9 Å². The van der Waals surface area contributed by atoms with Gasteiger partial charge < -0.3 is 4.90 Å². The van der Waals surface area contributed by atoms with Crippen molar-refractivity contribution in [1.29, 1.82) is 0 Å². The first-order chi connectivity index (χ1) is 6.02. The Hall–Kier alpha value is -0.740. The van der Waals surface area contributed by atoms with Gasteiger partial charge in [-0.1, -0.05) is 24.2 Å². The predicted molar refractivity (Wildman–Crippen MR) is 54.2 cm³/mol. The summed E-state index contributed by atoms with van der Waals surface area (Å²) in [6.07, 6.45) is 0. The number of hydrogen-bond donors (Lipinski definition) is 1. The number of anilines is 1. The van der Waals surface area contributed by atoms with Crippen LogP contribution in [0.25, 0.3) is 0 Å². The van der Waals surface area contributed by atoms with Gasteiger partial charge in [-0.2, -0.15) is 0 Å². The molecule has 0 fully saturated rings. The summed E-state index contributed by atoms with van der Waals surface area (Å²) >= 11 is 9.20. The smallest absolute Gasteiger partial charge is 0.282 e. The summed E-state index contributed by atoms with van der Waals surface area (Å²) in [6.45, 7) is 0. The normalized spacial score (nSPS) is 9.85. The first-order valence-corrected chi connectivity index (χ1v) is 4.26. The maximum Gasteiger partial charge on any atom is 0.282 e. The van der Waals surface area contributed by atoms with Crippen molar-refractivity contribution in [2.24, 2.45) is 0 Å². The first kappa shape index (κ1) is 10.3. The van der Waals surface area contributed by atoms with Crippen LogP contribution < -0.4 is 4.90 Å². The lowest BCUT2D eigenvalue weighted by Gasteiger charge is -2.14. The van der Waals surface area contributed by atoms with Crippen molar-refractivity contribution in [2.75, 3.05) is 11.9 Å². The molecule has 0 bridgehead atoms. The molecule has 0 unspecified atom stereocenters. The minimum absolute atomic E-state index is 0.118. The van der Waals surface area contributed by atoms with Crippen LogP contribution in [0, 0.1) is 5.82 Å². The molecule has 0 saturated heterocycles. The van der Waals surface area contributed by atoms with Gasteiger partial charge in [-0.15, -0.1) is 0 Å². The van der Waals surface area contributed by atoms with Gasteiger partial charge in [0.05, 0.1) is 5.69 Å². The molecule has 0 atom stereocenters. The molecular formula is C8H7ClFNOS. The number of thiol groups is 1. The Labute approximate surface area is 85.7 Å². The lowest BCUT2D eigenvalue weighted by Crippen LogP contribution is -2.20. The highest BCUT2D eigenvalue weighted by molar-refractivity contribution is 7.96. The molecule has 0 saturated carbocycles. The second-order valence-corrected chi connectivity index (χ2v) is 3.26. The van der Waals surface area contributed by atoms with Gasteiger partial charge in [0.25, 0.3) is 5.24 Å². The molecule has 1 aromatic carbocycles. The molecule has 70 valence electrons. The fraction of sp³-hybridized carbons (Fsp3) is 0.125. The van der Waals surface area contributed by atoms with E-state index in [0.29, 0.717) is 5.02 Å². The van der Waals surface area contributed by atoms with Crippen LogP contribution in [0.2, 0.25) is 5.02 Å². The summed E-state index contributed by atoms with van der Waals surface area (Å²) in [5, 5.41) is -0.168. The lowest BCUT2D eigenvalue weighted by molar-refractivity contribution is 0.266. The third kappa shape index (κ3) is 2.35. The monoisotopic (exact) mass is 219 g/mol. The quantitative estimate of drug-likeness (QED) is 0.720. The largest absolute Gasteiger partial charge is 0.304 e. The Balaban J connectivity index is 3.12. The van der Waals surface area contributed by atoms with Crippen molar-refractivity contribution in [3.8, 4) is 0 Å². The standard InChI is InChI=1S/C8H7ClFNOS/c1-11(8(12)13)7-4-5(9)2-3-6(7)10/h2-4H,1H3,(H,12,13). The fourth-order valence-electron chi connectivity index (χ4n) is 0.846. The SMILES string of the molecule is CN(C(=O)S)c1cc(Cl)ccc1F. The average molecular weight is 220 g/mol. The summed E-state index contributed by atoms with van der Waals surface area (Å²) in [5.41, 5.74) is 0.118. The Morgan fingerprint density at radius 3 is 2.77 bits per heavy atom. The van der Waals surface area contributed by atoms with Gasteiger partial charge in [-0.25, -0.2) is 4.39 Å². The van der Waals surface area contributed by atoms with Crippen molar-refractivity contribution in [1.82, 2.24) is 0 Å². The molecule has 13 heavy (non-hydrogen) atoms. The summed E-state index contributed by atoms with van der Waals surface area (Å²) in [5.74, 6) is -0.505. The van der Waals surface area contributed by atoms with Crippen LogP contribution in [0.15, 0.2) is 18.2 Å². The Kier molecular flexibility index (Phi) is 3.17. The molecule has 1 aromatic rings. The number of hydrogen-bond acceptors (Lipinski definition) is 1. The number of nitrogens with zero attached hydrogens (tertiary/aromatic N) is 1. The van der Waals surface area contributed by atoms with Crippen LogP contribution in [-0.4, -0.2) is 12.3 Å². The molecule has 0 aliphatic rings. The Bertz CT molecular complexity index is 345. The number of rotatable bonds is 1. The van der Waals surface area contributed by atoms with Gasteiger partial charge in [0, 0.05) is 12.1 Å². The van der Waals surface area contributed by atoms with E-state index in [2.05, 4.69) is 12.6 Å². The molecule has 2 nitrogen and oxygen atoms in total. The number of carbonyl (C=O) groups excluding carboxylic acids is 1. The summed E-state index contributed by atoms with van der Waals surface area (Å²) < 4.78 is 13.1. The molecular weight excluding hydrogens is 213 g/mol. The first-order valence-electron chi connectivity index (χ1n) is 3.44. The van der Waals surface area contributed by atoms with Crippen LogP contribution in [0.3, 0.4) is 0 Å². The van der Waals surface area contributed by atoms with Crippen LogP contribution >= 0.6 is 24.2 Å². The molecule has 0 aliphatic heterocycles. The zero-order valence-corrected chi connectivity index (χ0v) is 8.44. The Morgan fingerprint density at radius 1 is 1.62 bits per heavy atom.